The second-order valence-electron chi connectivity index (χ2n) is 5.74. The predicted octanol–water partition coefficient (Wildman–Crippen LogP) is 1.88. The highest BCUT2D eigenvalue weighted by atomic mass is 19.1. The Hall–Kier alpha value is -2.51. The minimum atomic E-state index is -1.19. The molecule has 2 rings (SSSR count). The fourth-order valence-corrected chi connectivity index (χ4v) is 2.55. The molecule has 3 N–H and O–H groups in total. The van der Waals surface area contributed by atoms with Crippen LogP contribution in [0.2, 0.25) is 0 Å². The lowest BCUT2D eigenvalue weighted by Crippen LogP contribution is -2.40. The van der Waals surface area contributed by atoms with Gasteiger partial charge in [-0.25, -0.2) is 9.18 Å². The summed E-state index contributed by atoms with van der Waals surface area (Å²) in [5, 5.41) is 0. The summed E-state index contributed by atoms with van der Waals surface area (Å²) in [5.74, 6) is 0.616. The molecule has 2 heterocycles. The number of furan rings is 1. The van der Waals surface area contributed by atoms with Crippen molar-refractivity contribution in [2.75, 3.05) is 17.2 Å². The molecule has 0 spiro atoms. The Morgan fingerprint density at radius 2 is 2.21 bits per heavy atom. The molecule has 8 heteroatoms. The van der Waals surface area contributed by atoms with Gasteiger partial charge in [-0.3, -0.25) is 14.3 Å². The minimum Gasteiger partial charge on any atom is -0.467 e. The van der Waals surface area contributed by atoms with Crippen LogP contribution in [0, 0.1) is 0 Å². The third-order valence-electron chi connectivity index (χ3n) is 3.66. The number of anilines is 2. The van der Waals surface area contributed by atoms with Crippen molar-refractivity contribution >= 4 is 11.5 Å². The summed E-state index contributed by atoms with van der Waals surface area (Å²) in [6.45, 7) is 3.92. The second kappa shape index (κ2) is 7.85. The molecule has 0 aliphatic carbocycles. The monoisotopic (exact) mass is 338 g/mol. The van der Waals surface area contributed by atoms with Crippen LogP contribution in [-0.2, 0) is 13.1 Å². The number of nitrogens with one attached hydrogen (secondary N) is 1. The Morgan fingerprint density at radius 3 is 2.79 bits per heavy atom. The molecule has 0 amide bonds. The molecular weight excluding hydrogens is 315 g/mol. The molecule has 2 aromatic heterocycles. The van der Waals surface area contributed by atoms with Crippen molar-refractivity contribution < 1.29 is 8.81 Å². The molecule has 2 aromatic rings. The van der Waals surface area contributed by atoms with Crippen LogP contribution in [0.4, 0.5) is 15.9 Å². The van der Waals surface area contributed by atoms with E-state index < -0.39 is 17.4 Å². The fraction of sp³-hybridized carbons (Fsp3) is 0.500. The van der Waals surface area contributed by atoms with Gasteiger partial charge in [-0.05, 0) is 25.5 Å². The van der Waals surface area contributed by atoms with Crippen molar-refractivity contribution in [2.24, 2.45) is 0 Å². The van der Waals surface area contributed by atoms with Gasteiger partial charge < -0.3 is 15.1 Å². The average molecular weight is 338 g/mol. The van der Waals surface area contributed by atoms with Crippen molar-refractivity contribution in [1.29, 1.82) is 0 Å². The van der Waals surface area contributed by atoms with Gasteiger partial charge in [-0.1, -0.05) is 13.3 Å². The number of unbranched alkanes of at least 4 members (excludes halogenated alkanes) is 1. The van der Waals surface area contributed by atoms with Gasteiger partial charge in [0.15, 0.2) is 0 Å². The van der Waals surface area contributed by atoms with Gasteiger partial charge in [0.05, 0.1) is 12.8 Å². The van der Waals surface area contributed by atoms with Crippen molar-refractivity contribution in [3.05, 3.63) is 45.0 Å². The topological polar surface area (TPSA) is 97.3 Å². The second-order valence-corrected chi connectivity index (χ2v) is 5.74. The van der Waals surface area contributed by atoms with E-state index in [1.807, 2.05) is 6.92 Å². The summed E-state index contributed by atoms with van der Waals surface area (Å²) in [5.41, 5.74) is 4.99. The lowest BCUT2D eigenvalue weighted by atomic mass is 10.2. The molecule has 0 saturated heterocycles. The summed E-state index contributed by atoms with van der Waals surface area (Å²) in [6.07, 6.45) is 1.93. The molecule has 0 bridgehead atoms. The van der Waals surface area contributed by atoms with E-state index in [0.717, 1.165) is 12.8 Å². The molecule has 0 fully saturated rings. The summed E-state index contributed by atoms with van der Waals surface area (Å²) in [7, 11) is 0. The molecule has 0 saturated carbocycles. The number of H-pyrrole nitrogens is 1. The number of nitrogens with two attached hydrogens (primary N) is 1. The minimum absolute atomic E-state index is 0.0417. The Kier molecular flexibility index (Phi) is 5.83. The summed E-state index contributed by atoms with van der Waals surface area (Å²) in [6, 6.07) is 3.44. The number of hydrogen-bond donors (Lipinski definition) is 2. The first-order chi connectivity index (χ1) is 11.4. The van der Waals surface area contributed by atoms with Gasteiger partial charge in [-0.15, -0.1) is 0 Å². The van der Waals surface area contributed by atoms with Crippen LogP contribution in [0.15, 0.2) is 32.4 Å². The molecule has 1 atom stereocenters. The van der Waals surface area contributed by atoms with Crippen LogP contribution < -0.4 is 21.9 Å². The van der Waals surface area contributed by atoms with Gasteiger partial charge in [0.2, 0.25) is 0 Å². The number of alkyl halides is 1. The number of rotatable bonds is 8. The van der Waals surface area contributed by atoms with Gasteiger partial charge >= 0.3 is 5.69 Å². The smallest absolute Gasteiger partial charge is 0.330 e. The molecule has 0 aliphatic heterocycles. The van der Waals surface area contributed by atoms with E-state index in [4.69, 9.17) is 10.2 Å². The number of nitrogens with zero attached hydrogens (tertiary/aromatic N) is 2. The van der Waals surface area contributed by atoms with Gasteiger partial charge in [0, 0.05) is 13.1 Å². The molecule has 1 unspecified atom stereocenters. The van der Waals surface area contributed by atoms with E-state index >= 15 is 0 Å². The average Bonchev–Trinajstić information content (AvgIpc) is 2.99. The Labute approximate surface area is 138 Å². The number of halogens is 1. The maximum atomic E-state index is 13.6. The zero-order valence-corrected chi connectivity index (χ0v) is 13.9. The van der Waals surface area contributed by atoms with Crippen LogP contribution in [-0.4, -0.2) is 22.3 Å². The van der Waals surface area contributed by atoms with Crippen molar-refractivity contribution in [3.8, 4) is 0 Å². The largest absolute Gasteiger partial charge is 0.467 e. The van der Waals surface area contributed by atoms with Gasteiger partial charge in [-0.2, -0.15) is 0 Å². The molecule has 0 aromatic carbocycles. The molecule has 7 nitrogen and oxygen atoms in total. The summed E-state index contributed by atoms with van der Waals surface area (Å²) < 4.78 is 20.2. The lowest BCUT2D eigenvalue weighted by Gasteiger charge is -2.26. The number of nitrogen functional groups attached to an aromatic ring is 1. The normalized spacial score (nSPS) is 12.3. The quantitative estimate of drug-likeness (QED) is 0.766. The fourth-order valence-electron chi connectivity index (χ4n) is 2.55. The van der Waals surface area contributed by atoms with E-state index in [9.17, 15) is 14.0 Å². The molecule has 24 heavy (non-hydrogen) atoms. The SMILES string of the molecule is CCCCn1c(N)c(N(Cc2ccco2)CC(C)F)c(=O)[nH]c1=O. The summed E-state index contributed by atoms with van der Waals surface area (Å²) in [4.78, 5) is 28.1. The van der Waals surface area contributed by atoms with Crippen LogP contribution in [0.5, 0.6) is 0 Å². The van der Waals surface area contributed by atoms with Gasteiger partial charge in [0.25, 0.3) is 5.56 Å². The maximum absolute atomic E-state index is 13.6. The first-order valence-corrected chi connectivity index (χ1v) is 7.98. The van der Waals surface area contributed by atoms with E-state index in [-0.39, 0.29) is 24.6 Å². The maximum Gasteiger partial charge on any atom is 0.330 e. The van der Waals surface area contributed by atoms with E-state index in [0.29, 0.717) is 12.3 Å². The Bertz CT molecular complexity index is 765. The van der Waals surface area contributed by atoms with Crippen LogP contribution in [0.25, 0.3) is 0 Å². The number of aromatic amines is 1. The highest BCUT2D eigenvalue weighted by molar-refractivity contribution is 5.62. The molecule has 0 aliphatic rings. The zero-order chi connectivity index (χ0) is 17.7. The van der Waals surface area contributed by atoms with Crippen LogP contribution in [0.3, 0.4) is 0 Å². The van der Waals surface area contributed by atoms with Gasteiger partial charge in [0.1, 0.15) is 23.4 Å². The molecular formula is C16H23FN4O3. The van der Waals surface area contributed by atoms with Crippen LogP contribution >= 0.6 is 0 Å². The standard InChI is InChI=1S/C16H23FN4O3/c1-3-4-7-21-14(18)13(15(22)19-16(21)23)20(9-11(2)17)10-12-6-5-8-24-12/h5-6,8,11H,3-4,7,9-10,18H2,1-2H3,(H,19,22,23). The van der Waals surface area contributed by atoms with Crippen molar-refractivity contribution in [3.63, 3.8) is 0 Å². The zero-order valence-electron chi connectivity index (χ0n) is 13.9. The van der Waals surface area contributed by atoms with E-state index in [1.165, 1.54) is 22.7 Å². The van der Waals surface area contributed by atoms with E-state index in [1.54, 1.807) is 12.1 Å². The summed E-state index contributed by atoms with van der Waals surface area (Å²) >= 11 is 0. The Morgan fingerprint density at radius 1 is 1.46 bits per heavy atom. The lowest BCUT2D eigenvalue weighted by molar-refractivity contribution is 0.357. The van der Waals surface area contributed by atoms with Crippen LogP contribution in [0.1, 0.15) is 32.4 Å². The van der Waals surface area contributed by atoms with E-state index in [2.05, 4.69) is 4.98 Å². The predicted molar refractivity (Wildman–Crippen MR) is 91.0 cm³/mol. The van der Waals surface area contributed by atoms with Crippen molar-refractivity contribution in [1.82, 2.24) is 9.55 Å². The van der Waals surface area contributed by atoms with Crippen molar-refractivity contribution in [2.45, 2.75) is 46.0 Å². The highest BCUT2D eigenvalue weighted by Crippen LogP contribution is 2.20. The highest BCUT2D eigenvalue weighted by Gasteiger charge is 2.21. The first-order valence-electron chi connectivity index (χ1n) is 7.98. The third-order valence-corrected chi connectivity index (χ3v) is 3.66. The molecule has 132 valence electrons. The Balaban J connectivity index is 2.47. The molecule has 0 radical (unpaired) electrons. The number of hydrogen-bond acceptors (Lipinski definition) is 5. The number of aromatic nitrogens is 2. The third kappa shape index (κ3) is 4.06. The first kappa shape index (κ1) is 17.8.